The van der Waals surface area contributed by atoms with Gasteiger partial charge in [0.15, 0.2) is 0 Å². The quantitative estimate of drug-likeness (QED) is 0.249. The van der Waals surface area contributed by atoms with Crippen LogP contribution in [0.4, 0.5) is 5.95 Å². The first-order valence-corrected chi connectivity index (χ1v) is 12.8. The van der Waals surface area contributed by atoms with Crippen LogP contribution in [0.25, 0.3) is 21.5 Å². The van der Waals surface area contributed by atoms with Crippen LogP contribution < -0.4 is 14.4 Å². The van der Waals surface area contributed by atoms with Gasteiger partial charge in [0.25, 0.3) is 0 Å². The number of aromatic nitrogens is 3. The molecule has 0 unspecified atom stereocenters. The Labute approximate surface area is 228 Å². The topological polar surface area (TPSA) is 135 Å². The van der Waals surface area contributed by atoms with E-state index in [2.05, 4.69) is 15.0 Å². The summed E-state index contributed by atoms with van der Waals surface area (Å²) in [5.74, 6) is -1.90. The SMILES string of the molecule is O=C(O)c1cc2ccccc2cc1Oc1nc(Oc2cc3ccccc3cc2C(=O)O)nc(N2CCCCC2)n1. The Morgan fingerprint density at radius 1 is 0.625 bits per heavy atom. The van der Waals surface area contributed by atoms with E-state index in [1.165, 1.54) is 12.1 Å². The van der Waals surface area contributed by atoms with Crippen molar-refractivity contribution in [2.24, 2.45) is 0 Å². The second-order valence-electron chi connectivity index (χ2n) is 9.45. The van der Waals surface area contributed by atoms with E-state index in [-0.39, 0.29) is 34.6 Å². The summed E-state index contributed by atoms with van der Waals surface area (Å²) in [4.78, 5) is 39.4. The molecule has 0 spiro atoms. The van der Waals surface area contributed by atoms with E-state index in [0.29, 0.717) is 5.95 Å². The standard InChI is InChI=1S/C30H24N4O6/c35-26(36)22-14-18-8-2-4-10-20(18)16-24(22)39-29-31-28(34-12-6-1-7-13-34)32-30(33-29)40-25-17-21-11-5-3-9-19(21)15-23(25)27(37)38/h2-5,8-11,14-17H,1,6-7,12-13H2,(H,35,36)(H,37,38). The fourth-order valence-corrected chi connectivity index (χ4v) is 4.79. The monoisotopic (exact) mass is 536 g/mol. The molecule has 0 saturated carbocycles. The predicted octanol–water partition coefficient (Wildman–Crippen LogP) is 6.15. The van der Waals surface area contributed by atoms with Crippen molar-refractivity contribution in [3.63, 3.8) is 0 Å². The molecule has 0 bridgehead atoms. The zero-order valence-electron chi connectivity index (χ0n) is 21.3. The molecule has 6 rings (SSSR count). The summed E-state index contributed by atoms with van der Waals surface area (Å²) in [5, 5.41) is 22.8. The van der Waals surface area contributed by atoms with Crippen LogP contribution >= 0.6 is 0 Å². The second kappa shape index (κ2) is 10.5. The van der Waals surface area contributed by atoms with Gasteiger partial charge in [0, 0.05) is 13.1 Å². The summed E-state index contributed by atoms with van der Waals surface area (Å²) < 4.78 is 11.9. The van der Waals surface area contributed by atoms with Crippen molar-refractivity contribution < 1.29 is 29.3 Å². The van der Waals surface area contributed by atoms with Gasteiger partial charge in [-0.15, -0.1) is 4.98 Å². The van der Waals surface area contributed by atoms with Crippen molar-refractivity contribution in [1.82, 2.24) is 15.0 Å². The van der Waals surface area contributed by atoms with Gasteiger partial charge < -0.3 is 24.6 Å². The van der Waals surface area contributed by atoms with Gasteiger partial charge in [-0.1, -0.05) is 48.5 Å². The van der Waals surface area contributed by atoms with E-state index in [9.17, 15) is 19.8 Å². The normalized spacial score (nSPS) is 13.3. The number of carboxylic acids is 2. The van der Waals surface area contributed by atoms with Gasteiger partial charge in [0.2, 0.25) is 5.95 Å². The van der Waals surface area contributed by atoms with Gasteiger partial charge in [-0.05, 0) is 65.1 Å². The average Bonchev–Trinajstić information content (AvgIpc) is 2.96. The number of nitrogens with zero attached hydrogens (tertiary/aromatic N) is 4. The molecule has 0 aliphatic carbocycles. The predicted molar refractivity (Wildman–Crippen MR) is 148 cm³/mol. The van der Waals surface area contributed by atoms with Crippen molar-refractivity contribution >= 4 is 39.4 Å². The lowest BCUT2D eigenvalue weighted by molar-refractivity contribution is 0.0683. The zero-order chi connectivity index (χ0) is 27.6. The Bertz CT molecular complexity index is 1650. The third-order valence-electron chi connectivity index (χ3n) is 6.78. The molecule has 5 aromatic rings. The minimum Gasteiger partial charge on any atom is -0.478 e. The van der Waals surface area contributed by atoms with Crippen LogP contribution in [0, 0.1) is 0 Å². The Kier molecular flexibility index (Phi) is 6.57. The van der Waals surface area contributed by atoms with Gasteiger partial charge in [-0.2, -0.15) is 9.97 Å². The fraction of sp³-hybridized carbons (Fsp3) is 0.167. The van der Waals surface area contributed by atoms with Crippen molar-refractivity contribution in [3.8, 4) is 23.5 Å². The Balaban J connectivity index is 1.44. The van der Waals surface area contributed by atoms with Crippen LogP contribution in [0.3, 0.4) is 0 Å². The first kappa shape index (κ1) is 25.1. The van der Waals surface area contributed by atoms with E-state index in [1.54, 1.807) is 12.1 Å². The number of fused-ring (bicyclic) bond motifs is 2. The summed E-state index contributed by atoms with van der Waals surface area (Å²) in [6.45, 7) is 1.44. The van der Waals surface area contributed by atoms with E-state index in [0.717, 1.165) is 53.9 Å². The third-order valence-corrected chi connectivity index (χ3v) is 6.78. The summed E-state index contributed by atoms with van der Waals surface area (Å²) >= 11 is 0. The van der Waals surface area contributed by atoms with E-state index in [4.69, 9.17) is 9.47 Å². The minimum absolute atomic E-state index is 0.0520. The lowest BCUT2D eigenvalue weighted by Crippen LogP contribution is -2.31. The molecule has 10 heteroatoms. The molecule has 0 radical (unpaired) electrons. The van der Waals surface area contributed by atoms with Crippen molar-refractivity contribution in [1.29, 1.82) is 0 Å². The zero-order valence-corrected chi connectivity index (χ0v) is 21.3. The smallest absolute Gasteiger partial charge is 0.339 e. The molecule has 1 fully saturated rings. The lowest BCUT2D eigenvalue weighted by atomic mass is 10.1. The number of ether oxygens (including phenoxy) is 2. The van der Waals surface area contributed by atoms with Crippen LogP contribution in [-0.2, 0) is 0 Å². The molecule has 0 amide bonds. The maximum Gasteiger partial charge on any atom is 0.339 e. The minimum atomic E-state index is -1.16. The number of piperidine rings is 1. The number of aromatic carboxylic acids is 2. The van der Waals surface area contributed by atoms with E-state index < -0.39 is 11.9 Å². The maximum absolute atomic E-state index is 12.1. The maximum atomic E-state index is 12.1. The highest BCUT2D eigenvalue weighted by atomic mass is 16.5. The van der Waals surface area contributed by atoms with E-state index in [1.807, 2.05) is 53.4 Å². The number of hydrogen-bond donors (Lipinski definition) is 2. The molecule has 1 aliphatic heterocycles. The van der Waals surface area contributed by atoms with E-state index >= 15 is 0 Å². The van der Waals surface area contributed by atoms with Gasteiger partial charge >= 0.3 is 24.0 Å². The first-order valence-electron chi connectivity index (χ1n) is 12.8. The summed E-state index contributed by atoms with van der Waals surface area (Å²) in [7, 11) is 0. The van der Waals surface area contributed by atoms with Gasteiger partial charge in [-0.3, -0.25) is 0 Å². The number of hydrogen-bond acceptors (Lipinski definition) is 8. The van der Waals surface area contributed by atoms with Gasteiger partial charge in [0.1, 0.15) is 22.6 Å². The molecule has 2 N–H and O–H groups in total. The molecule has 1 saturated heterocycles. The third kappa shape index (κ3) is 5.06. The Morgan fingerprint density at radius 3 is 1.48 bits per heavy atom. The highest BCUT2D eigenvalue weighted by Gasteiger charge is 2.22. The molecular weight excluding hydrogens is 512 g/mol. The molecule has 2 heterocycles. The number of anilines is 1. The van der Waals surface area contributed by atoms with Crippen molar-refractivity contribution in [3.05, 3.63) is 83.9 Å². The molecule has 10 nitrogen and oxygen atoms in total. The summed E-state index contributed by atoms with van der Waals surface area (Å²) in [5.41, 5.74) is -0.104. The molecule has 4 aromatic carbocycles. The van der Waals surface area contributed by atoms with Crippen LogP contribution in [0.1, 0.15) is 40.0 Å². The number of benzene rings is 4. The molecule has 40 heavy (non-hydrogen) atoms. The molecule has 200 valence electrons. The van der Waals surface area contributed by atoms with Gasteiger partial charge in [-0.25, -0.2) is 9.59 Å². The van der Waals surface area contributed by atoms with Crippen molar-refractivity contribution in [2.45, 2.75) is 19.3 Å². The molecule has 1 aromatic heterocycles. The Hall–Kier alpha value is -5.25. The van der Waals surface area contributed by atoms with Crippen LogP contribution in [0.2, 0.25) is 0 Å². The first-order chi connectivity index (χ1) is 19.4. The van der Waals surface area contributed by atoms with Gasteiger partial charge in [0.05, 0.1) is 0 Å². The van der Waals surface area contributed by atoms with Crippen molar-refractivity contribution in [2.75, 3.05) is 18.0 Å². The molecule has 0 atom stereocenters. The van der Waals surface area contributed by atoms with Crippen LogP contribution in [0.15, 0.2) is 72.8 Å². The number of carbonyl (C=O) groups is 2. The largest absolute Gasteiger partial charge is 0.478 e. The van der Waals surface area contributed by atoms with Crippen LogP contribution in [0.5, 0.6) is 23.5 Å². The number of rotatable bonds is 7. The highest BCUT2D eigenvalue weighted by Crippen LogP contribution is 2.33. The van der Waals surface area contributed by atoms with Crippen LogP contribution in [-0.4, -0.2) is 50.2 Å². The summed E-state index contributed by atoms with van der Waals surface area (Å²) in [6.07, 6.45) is 3.01. The highest BCUT2D eigenvalue weighted by molar-refractivity contribution is 5.98. The Morgan fingerprint density at radius 2 is 1.05 bits per heavy atom. The lowest BCUT2D eigenvalue weighted by Gasteiger charge is -2.26. The summed E-state index contributed by atoms with van der Waals surface area (Å²) in [6, 6.07) is 20.7. The number of carboxylic acid groups (broad SMARTS) is 2. The molecule has 1 aliphatic rings. The molecular formula is C30H24N4O6. The second-order valence-corrected chi connectivity index (χ2v) is 9.45. The average molecular weight is 537 g/mol. The fourth-order valence-electron chi connectivity index (χ4n) is 4.79.